The molecule has 5 nitrogen and oxygen atoms in total. The lowest BCUT2D eigenvalue weighted by Gasteiger charge is -2.16. The van der Waals surface area contributed by atoms with Crippen molar-refractivity contribution in [2.75, 3.05) is 0 Å². The number of aliphatic hydroxyl groups is 1. The number of halogens is 1. The van der Waals surface area contributed by atoms with Crippen molar-refractivity contribution >= 4 is 5.78 Å². The van der Waals surface area contributed by atoms with E-state index in [9.17, 15) is 9.50 Å². The van der Waals surface area contributed by atoms with Crippen molar-refractivity contribution < 1.29 is 9.50 Å². The first-order chi connectivity index (χ1) is 12.4. The molecule has 0 amide bonds. The first-order valence-electron chi connectivity index (χ1n) is 8.21. The van der Waals surface area contributed by atoms with Gasteiger partial charge in [-0.1, -0.05) is 0 Å². The summed E-state index contributed by atoms with van der Waals surface area (Å²) in [6.45, 7) is 3.35. The van der Waals surface area contributed by atoms with Crippen LogP contribution in [0.25, 0.3) is 28.2 Å². The number of pyridine rings is 1. The Balaban J connectivity index is 1.84. The second-order valence-corrected chi connectivity index (χ2v) is 6.62. The molecule has 0 radical (unpaired) electrons. The Morgan fingerprint density at radius 1 is 1.04 bits per heavy atom. The lowest BCUT2D eigenvalue weighted by Crippen LogP contribution is -2.18. The molecular formula is C20H17FN4O. The lowest BCUT2D eigenvalue weighted by molar-refractivity contribution is 0.0739. The van der Waals surface area contributed by atoms with Gasteiger partial charge in [0.25, 0.3) is 0 Å². The van der Waals surface area contributed by atoms with Crippen LogP contribution in [-0.4, -0.2) is 24.5 Å². The van der Waals surface area contributed by atoms with Crippen molar-refractivity contribution in [2.45, 2.75) is 19.4 Å². The standard InChI is InChI=1S/C20H17FN4O/c1-20(2,26)18-7-10-25-17(12-23-19(25)24-18)14-3-4-16(21)15(11-14)13-5-8-22-9-6-13/h3-12,26H,1-2H3. The van der Waals surface area contributed by atoms with Crippen LogP contribution in [0.15, 0.2) is 61.2 Å². The van der Waals surface area contributed by atoms with Crippen molar-refractivity contribution in [1.82, 2.24) is 19.4 Å². The van der Waals surface area contributed by atoms with E-state index in [4.69, 9.17) is 0 Å². The topological polar surface area (TPSA) is 63.3 Å². The Hall–Kier alpha value is -3.12. The Bertz CT molecular complexity index is 1080. The number of imidazole rings is 1. The largest absolute Gasteiger partial charge is 0.384 e. The van der Waals surface area contributed by atoms with Crippen molar-refractivity contribution in [1.29, 1.82) is 0 Å². The van der Waals surface area contributed by atoms with Gasteiger partial charge in [0.15, 0.2) is 0 Å². The highest BCUT2D eigenvalue weighted by molar-refractivity contribution is 5.72. The first kappa shape index (κ1) is 16.4. The zero-order valence-corrected chi connectivity index (χ0v) is 14.4. The van der Waals surface area contributed by atoms with Gasteiger partial charge in [0.05, 0.1) is 17.6 Å². The molecule has 0 aliphatic rings. The highest BCUT2D eigenvalue weighted by Gasteiger charge is 2.19. The van der Waals surface area contributed by atoms with E-state index in [-0.39, 0.29) is 5.82 Å². The molecule has 4 aromatic rings. The van der Waals surface area contributed by atoms with Gasteiger partial charge in [0.2, 0.25) is 5.78 Å². The summed E-state index contributed by atoms with van der Waals surface area (Å²) in [5, 5.41) is 10.1. The number of hydrogen-bond acceptors (Lipinski definition) is 4. The number of aromatic nitrogens is 4. The molecule has 3 heterocycles. The molecule has 130 valence electrons. The van der Waals surface area contributed by atoms with Gasteiger partial charge < -0.3 is 5.11 Å². The number of fused-ring (bicyclic) bond motifs is 1. The number of nitrogens with zero attached hydrogens (tertiary/aromatic N) is 4. The summed E-state index contributed by atoms with van der Waals surface area (Å²) in [4.78, 5) is 12.7. The normalized spacial score (nSPS) is 11.8. The van der Waals surface area contributed by atoms with Crippen LogP contribution in [0.5, 0.6) is 0 Å². The lowest BCUT2D eigenvalue weighted by atomic mass is 10.0. The molecule has 1 N–H and O–H groups in total. The van der Waals surface area contributed by atoms with E-state index in [1.54, 1.807) is 62.8 Å². The summed E-state index contributed by atoms with van der Waals surface area (Å²) in [5.74, 6) is 0.186. The average Bonchev–Trinajstić information content (AvgIpc) is 3.05. The molecule has 0 atom stereocenters. The minimum Gasteiger partial charge on any atom is -0.384 e. The van der Waals surface area contributed by atoms with Crippen molar-refractivity contribution in [2.24, 2.45) is 0 Å². The van der Waals surface area contributed by atoms with Crippen LogP contribution in [-0.2, 0) is 5.60 Å². The molecule has 0 aliphatic heterocycles. The summed E-state index contributed by atoms with van der Waals surface area (Å²) < 4.78 is 16.1. The second-order valence-electron chi connectivity index (χ2n) is 6.62. The highest BCUT2D eigenvalue weighted by Crippen LogP contribution is 2.29. The van der Waals surface area contributed by atoms with Gasteiger partial charge in [-0.05, 0) is 55.8 Å². The maximum atomic E-state index is 14.3. The van der Waals surface area contributed by atoms with E-state index in [0.717, 1.165) is 16.8 Å². The molecule has 3 aromatic heterocycles. The third kappa shape index (κ3) is 2.84. The van der Waals surface area contributed by atoms with E-state index in [1.807, 2.05) is 10.6 Å². The molecule has 0 aliphatic carbocycles. The molecule has 1 aromatic carbocycles. The summed E-state index contributed by atoms with van der Waals surface area (Å²) in [7, 11) is 0. The molecule has 0 saturated carbocycles. The van der Waals surface area contributed by atoms with E-state index in [1.165, 1.54) is 6.07 Å². The third-order valence-electron chi connectivity index (χ3n) is 4.26. The maximum absolute atomic E-state index is 14.3. The summed E-state index contributed by atoms with van der Waals surface area (Å²) in [6.07, 6.45) is 6.78. The van der Waals surface area contributed by atoms with Crippen molar-refractivity contribution in [3.05, 3.63) is 72.7 Å². The van der Waals surface area contributed by atoms with Crippen LogP contribution in [0.2, 0.25) is 0 Å². The van der Waals surface area contributed by atoms with Gasteiger partial charge in [-0.3, -0.25) is 9.38 Å². The Kier molecular flexibility index (Phi) is 3.77. The van der Waals surface area contributed by atoms with Gasteiger partial charge in [0, 0.05) is 29.7 Å². The van der Waals surface area contributed by atoms with Crippen LogP contribution in [0, 0.1) is 5.82 Å². The number of rotatable bonds is 3. The fraction of sp³-hybridized carbons (Fsp3) is 0.150. The van der Waals surface area contributed by atoms with Crippen LogP contribution in [0.3, 0.4) is 0 Å². The van der Waals surface area contributed by atoms with Gasteiger partial charge in [-0.25, -0.2) is 14.4 Å². The van der Waals surface area contributed by atoms with Crippen LogP contribution in [0.1, 0.15) is 19.5 Å². The number of hydrogen-bond donors (Lipinski definition) is 1. The molecule has 0 spiro atoms. The van der Waals surface area contributed by atoms with E-state index in [0.29, 0.717) is 17.0 Å². The molecular weight excluding hydrogens is 331 g/mol. The van der Waals surface area contributed by atoms with Crippen LogP contribution in [0.4, 0.5) is 4.39 Å². The second kappa shape index (κ2) is 6.00. The molecule has 0 fully saturated rings. The minimum atomic E-state index is -1.04. The molecule has 6 heteroatoms. The quantitative estimate of drug-likeness (QED) is 0.611. The van der Waals surface area contributed by atoms with Gasteiger partial charge >= 0.3 is 0 Å². The van der Waals surface area contributed by atoms with Crippen molar-refractivity contribution in [3.63, 3.8) is 0 Å². The average molecular weight is 348 g/mol. The maximum Gasteiger partial charge on any atom is 0.234 e. The predicted molar refractivity (Wildman–Crippen MR) is 96.9 cm³/mol. The fourth-order valence-electron chi connectivity index (χ4n) is 2.86. The van der Waals surface area contributed by atoms with Crippen molar-refractivity contribution in [3.8, 4) is 22.4 Å². The fourth-order valence-corrected chi connectivity index (χ4v) is 2.86. The zero-order valence-electron chi connectivity index (χ0n) is 14.4. The van der Waals surface area contributed by atoms with Gasteiger partial charge in [-0.15, -0.1) is 0 Å². The summed E-state index contributed by atoms with van der Waals surface area (Å²) in [5.41, 5.74) is 2.38. The van der Waals surface area contributed by atoms with E-state index < -0.39 is 5.60 Å². The highest BCUT2D eigenvalue weighted by atomic mass is 19.1. The first-order valence-corrected chi connectivity index (χ1v) is 8.21. The smallest absolute Gasteiger partial charge is 0.234 e. The predicted octanol–water partition coefficient (Wildman–Crippen LogP) is 3.82. The Labute approximate surface area is 149 Å². The summed E-state index contributed by atoms with van der Waals surface area (Å²) in [6, 6.07) is 10.3. The SMILES string of the molecule is CC(C)(O)c1ccn2c(-c3ccc(F)c(-c4ccncc4)c3)cnc2n1. The summed E-state index contributed by atoms with van der Waals surface area (Å²) >= 11 is 0. The van der Waals surface area contributed by atoms with Gasteiger partial charge in [-0.2, -0.15) is 0 Å². The Morgan fingerprint density at radius 3 is 2.54 bits per heavy atom. The minimum absolute atomic E-state index is 0.295. The molecule has 26 heavy (non-hydrogen) atoms. The van der Waals surface area contributed by atoms with E-state index >= 15 is 0 Å². The zero-order chi connectivity index (χ0) is 18.3. The van der Waals surface area contributed by atoms with Gasteiger partial charge in [0.1, 0.15) is 11.4 Å². The molecule has 0 bridgehead atoms. The van der Waals surface area contributed by atoms with E-state index in [2.05, 4.69) is 15.0 Å². The third-order valence-corrected chi connectivity index (χ3v) is 4.26. The molecule has 0 unspecified atom stereocenters. The molecule has 4 rings (SSSR count). The monoisotopic (exact) mass is 348 g/mol. The van der Waals surface area contributed by atoms with Crippen LogP contribution >= 0.6 is 0 Å². The Morgan fingerprint density at radius 2 is 1.81 bits per heavy atom. The number of benzene rings is 1. The van der Waals surface area contributed by atoms with Crippen LogP contribution < -0.4 is 0 Å². The molecule has 0 saturated heterocycles.